The average Bonchev–Trinajstić information content (AvgIpc) is 3.95. The smallest absolute Gasteiger partial charge is 0.238 e. The summed E-state index contributed by atoms with van der Waals surface area (Å²) in [4.78, 5) is 15.7. The van der Waals surface area contributed by atoms with E-state index in [2.05, 4.69) is 193 Å². The van der Waals surface area contributed by atoms with Crippen LogP contribution in [0.1, 0.15) is 22.3 Å². The first kappa shape index (κ1) is 33.6. The lowest BCUT2D eigenvalue weighted by Crippen LogP contribution is -2.25. The molecule has 2 aliphatic carbocycles. The van der Waals surface area contributed by atoms with Crippen LogP contribution in [0.3, 0.4) is 0 Å². The summed E-state index contributed by atoms with van der Waals surface area (Å²) in [7, 11) is 0. The van der Waals surface area contributed by atoms with Crippen molar-refractivity contribution in [2.75, 3.05) is 0 Å². The Kier molecular flexibility index (Phi) is 6.73. The van der Waals surface area contributed by atoms with Crippen molar-refractivity contribution >= 4 is 54.1 Å². The molecule has 2 aromatic heterocycles. The van der Waals surface area contributed by atoms with E-state index in [1.165, 1.54) is 76.8 Å². The summed E-state index contributed by atoms with van der Waals surface area (Å²) in [5, 5.41) is 9.63. The van der Waals surface area contributed by atoms with Crippen molar-refractivity contribution in [2.45, 2.75) is 5.41 Å². The molecule has 12 aromatic rings. The second-order valence-electron chi connectivity index (χ2n) is 16.7. The minimum Gasteiger partial charge on any atom is -0.278 e. The number of hydrogen-bond donors (Lipinski definition) is 0. The van der Waals surface area contributed by atoms with E-state index in [-0.39, 0.29) is 0 Å². The Morgan fingerprint density at radius 1 is 0.290 bits per heavy atom. The zero-order chi connectivity index (χ0) is 40.5. The molecule has 4 heteroatoms. The van der Waals surface area contributed by atoms with Crippen molar-refractivity contribution in [1.82, 2.24) is 19.5 Å². The van der Waals surface area contributed by atoms with Crippen molar-refractivity contribution in [2.24, 2.45) is 0 Å². The monoisotopic (exact) mass is 786 g/mol. The van der Waals surface area contributed by atoms with E-state index in [0.29, 0.717) is 17.6 Å². The third-order valence-corrected chi connectivity index (χ3v) is 13.6. The number of nitrogens with zero attached hydrogens (tertiary/aromatic N) is 4. The maximum atomic E-state index is 5.32. The van der Waals surface area contributed by atoms with E-state index < -0.39 is 5.41 Å². The van der Waals surface area contributed by atoms with Crippen LogP contribution in [-0.2, 0) is 5.41 Å². The largest absolute Gasteiger partial charge is 0.278 e. The molecule has 0 saturated heterocycles. The summed E-state index contributed by atoms with van der Waals surface area (Å²) in [6, 6.07) is 75.0. The normalized spacial score (nSPS) is 13.3. The van der Waals surface area contributed by atoms with Crippen LogP contribution in [-0.4, -0.2) is 19.5 Å². The number of rotatable bonds is 3. The van der Waals surface area contributed by atoms with Crippen LogP contribution in [0.2, 0.25) is 0 Å². The van der Waals surface area contributed by atoms with Crippen molar-refractivity contribution in [1.29, 1.82) is 0 Å². The summed E-state index contributed by atoms with van der Waals surface area (Å²) in [6.45, 7) is 0. The van der Waals surface area contributed by atoms with Crippen LogP contribution in [0.15, 0.2) is 206 Å². The second kappa shape index (κ2) is 12.4. The lowest BCUT2D eigenvalue weighted by atomic mass is 9.70. The van der Waals surface area contributed by atoms with Crippen molar-refractivity contribution < 1.29 is 0 Å². The molecule has 0 atom stereocenters. The fraction of sp³-hybridized carbons (Fsp3) is 0.0172. The molecule has 62 heavy (non-hydrogen) atoms. The van der Waals surface area contributed by atoms with Gasteiger partial charge in [-0.25, -0.2) is 4.98 Å². The van der Waals surface area contributed by atoms with Gasteiger partial charge in [0.2, 0.25) is 5.95 Å². The summed E-state index contributed by atoms with van der Waals surface area (Å²) in [6.07, 6.45) is 0. The van der Waals surface area contributed by atoms with Gasteiger partial charge < -0.3 is 0 Å². The number of fused-ring (bicyclic) bond motifs is 19. The summed E-state index contributed by atoms with van der Waals surface area (Å²) < 4.78 is 2.18. The number of benzene rings is 10. The Labute approximate surface area is 357 Å². The summed E-state index contributed by atoms with van der Waals surface area (Å²) >= 11 is 0. The van der Waals surface area contributed by atoms with E-state index in [9.17, 15) is 0 Å². The van der Waals surface area contributed by atoms with Gasteiger partial charge in [0.25, 0.3) is 0 Å². The lowest BCUT2D eigenvalue weighted by molar-refractivity contribution is 0.795. The van der Waals surface area contributed by atoms with E-state index in [1.807, 2.05) is 18.2 Å². The zero-order valence-electron chi connectivity index (χ0n) is 33.4. The molecule has 0 bridgehead atoms. The van der Waals surface area contributed by atoms with Crippen LogP contribution < -0.4 is 0 Å². The van der Waals surface area contributed by atoms with Crippen molar-refractivity contribution in [3.8, 4) is 51.0 Å². The molecule has 286 valence electrons. The molecule has 2 aliphatic rings. The van der Waals surface area contributed by atoms with Gasteiger partial charge in [-0.05, 0) is 107 Å². The minimum atomic E-state index is -0.423. The first-order valence-corrected chi connectivity index (χ1v) is 21.3. The highest BCUT2D eigenvalue weighted by Gasteiger charge is 2.51. The van der Waals surface area contributed by atoms with Gasteiger partial charge in [-0.2, -0.15) is 9.97 Å². The van der Waals surface area contributed by atoms with Crippen LogP contribution in [0, 0.1) is 0 Å². The SMILES string of the molecule is c1ccc(-c2nc(-c3ccc4c(c3)c3ccccc3c3cc5c(cc43)C3(c4ccccc4-c4ccccc43)c3ccccc3-5)nc(-n3c4ccccc4c4ccccc43)n2)cc1. The number of para-hydroxylation sites is 2. The zero-order valence-corrected chi connectivity index (χ0v) is 33.4. The van der Waals surface area contributed by atoms with Gasteiger partial charge in [0, 0.05) is 21.9 Å². The first-order valence-electron chi connectivity index (χ1n) is 21.3. The molecule has 0 aliphatic heterocycles. The van der Waals surface area contributed by atoms with Gasteiger partial charge in [-0.15, -0.1) is 0 Å². The molecule has 0 radical (unpaired) electrons. The molecule has 0 unspecified atom stereocenters. The molecule has 10 aromatic carbocycles. The Morgan fingerprint density at radius 2 is 0.742 bits per heavy atom. The van der Waals surface area contributed by atoms with Crippen molar-refractivity contribution in [3.63, 3.8) is 0 Å². The van der Waals surface area contributed by atoms with Gasteiger partial charge in [-0.1, -0.05) is 176 Å². The Morgan fingerprint density at radius 3 is 1.35 bits per heavy atom. The molecule has 14 rings (SSSR count). The van der Waals surface area contributed by atoms with Gasteiger partial charge in [0.05, 0.1) is 16.4 Å². The third kappa shape index (κ3) is 4.37. The Hall–Kier alpha value is -8.21. The molecule has 0 N–H and O–H groups in total. The van der Waals surface area contributed by atoms with Gasteiger partial charge in [-0.3, -0.25) is 4.57 Å². The Bertz CT molecular complexity index is 3780. The summed E-state index contributed by atoms with van der Waals surface area (Å²) in [5.74, 6) is 1.85. The molecule has 0 fully saturated rings. The fourth-order valence-corrected chi connectivity index (χ4v) is 11.1. The van der Waals surface area contributed by atoms with Crippen LogP contribution in [0.5, 0.6) is 0 Å². The van der Waals surface area contributed by atoms with E-state index in [4.69, 9.17) is 15.0 Å². The standard InChI is InChI=1S/C58H34N4/c1-2-16-35(17-3-1)55-59-56(61-57(60-55)62-53-28-14-9-23-43(53)44-24-10-15-29-54(44)62)36-30-31-39-45(32-36)37-18-4-5-19-38(37)46-33-48-42-22-8-13-27-51(42)58(52(48)34-47(39)46)49-25-11-6-20-40(49)41-21-7-12-26-50(41)58/h1-34H. The van der Waals surface area contributed by atoms with Crippen LogP contribution in [0.25, 0.3) is 105 Å². The molecular formula is C58H34N4. The van der Waals surface area contributed by atoms with E-state index >= 15 is 0 Å². The highest BCUT2D eigenvalue weighted by atomic mass is 15.2. The fourth-order valence-electron chi connectivity index (χ4n) is 11.1. The van der Waals surface area contributed by atoms with E-state index in [1.54, 1.807) is 0 Å². The third-order valence-electron chi connectivity index (χ3n) is 13.6. The number of hydrogen-bond acceptors (Lipinski definition) is 3. The predicted octanol–water partition coefficient (Wildman–Crippen LogP) is 14.1. The molecule has 2 heterocycles. The molecule has 4 nitrogen and oxygen atoms in total. The summed E-state index contributed by atoms with van der Waals surface area (Å²) in [5.41, 5.74) is 14.2. The quantitative estimate of drug-likeness (QED) is 0.168. The maximum absolute atomic E-state index is 5.32. The van der Waals surface area contributed by atoms with Gasteiger partial charge in [0.15, 0.2) is 11.6 Å². The molecule has 0 saturated carbocycles. The average molecular weight is 787 g/mol. The molecule has 1 spiro atoms. The molecule has 0 amide bonds. The lowest BCUT2D eigenvalue weighted by Gasteiger charge is -2.30. The molecular weight excluding hydrogens is 753 g/mol. The number of aromatic nitrogens is 4. The topological polar surface area (TPSA) is 43.6 Å². The first-order chi connectivity index (χ1) is 30.8. The Balaban J connectivity index is 1.05. The van der Waals surface area contributed by atoms with Gasteiger partial charge in [0.1, 0.15) is 0 Å². The highest BCUT2D eigenvalue weighted by molar-refractivity contribution is 6.27. The second-order valence-corrected chi connectivity index (χ2v) is 16.7. The highest BCUT2D eigenvalue weighted by Crippen LogP contribution is 2.63. The van der Waals surface area contributed by atoms with E-state index in [0.717, 1.165) is 32.9 Å². The van der Waals surface area contributed by atoms with Gasteiger partial charge >= 0.3 is 0 Å². The minimum absolute atomic E-state index is 0.423. The predicted molar refractivity (Wildman–Crippen MR) is 254 cm³/mol. The van der Waals surface area contributed by atoms with Crippen LogP contribution >= 0.6 is 0 Å². The maximum Gasteiger partial charge on any atom is 0.238 e. The van der Waals surface area contributed by atoms with Crippen LogP contribution in [0.4, 0.5) is 0 Å². The van der Waals surface area contributed by atoms with Crippen molar-refractivity contribution in [3.05, 3.63) is 229 Å².